The first-order chi connectivity index (χ1) is 7.51. The number of nitrogens with zero attached hydrogens (tertiary/aromatic N) is 2. The van der Waals surface area contributed by atoms with E-state index in [0.29, 0.717) is 5.13 Å². The van der Waals surface area contributed by atoms with E-state index in [2.05, 4.69) is 14.7 Å². The maximum Gasteiger partial charge on any atom is 0.389 e. The minimum Gasteiger partial charge on any atom is -0.360 e. The van der Waals surface area contributed by atoms with Crippen LogP contribution in [-0.2, 0) is 6.42 Å². The van der Waals surface area contributed by atoms with Crippen molar-refractivity contribution in [2.45, 2.75) is 38.8 Å². The molecule has 1 rings (SSSR count). The highest BCUT2D eigenvalue weighted by atomic mass is 32.1. The number of nitrogens with one attached hydrogen (secondary N) is 1. The first kappa shape index (κ1) is 13.2. The van der Waals surface area contributed by atoms with Gasteiger partial charge in [0, 0.05) is 30.9 Å². The molecule has 1 aromatic heterocycles. The van der Waals surface area contributed by atoms with Crippen LogP contribution in [0.25, 0.3) is 0 Å². The van der Waals surface area contributed by atoms with Gasteiger partial charge in [-0.15, -0.1) is 0 Å². The van der Waals surface area contributed by atoms with Crippen molar-refractivity contribution in [3.05, 3.63) is 5.82 Å². The molecule has 0 saturated carbocycles. The molecule has 0 spiro atoms. The van der Waals surface area contributed by atoms with E-state index >= 15 is 0 Å². The SMILES string of the molecule is CCCc1nsc(NCCCC(F)(F)F)n1. The summed E-state index contributed by atoms with van der Waals surface area (Å²) in [6.07, 6.45) is -3.01. The molecule has 7 heteroatoms. The van der Waals surface area contributed by atoms with Crippen LogP contribution in [0.15, 0.2) is 0 Å². The molecule has 0 aliphatic heterocycles. The lowest BCUT2D eigenvalue weighted by Gasteiger charge is -2.05. The van der Waals surface area contributed by atoms with Gasteiger partial charge in [0.25, 0.3) is 0 Å². The number of aryl methyl sites for hydroxylation is 1. The lowest BCUT2D eigenvalue weighted by molar-refractivity contribution is -0.134. The normalized spacial score (nSPS) is 11.8. The molecule has 16 heavy (non-hydrogen) atoms. The molecule has 1 heterocycles. The van der Waals surface area contributed by atoms with Gasteiger partial charge in [0.15, 0.2) is 0 Å². The zero-order valence-corrected chi connectivity index (χ0v) is 9.79. The summed E-state index contributed by atoms with van der Waals surface area (Å²) < 4.78 is 39.6. The molecular weight excluding hydrogens is 239 g/mol. The summed E-state index contributed by atoms with van der Waals surface area (Å²) in [6, 6.07) is 0. The van der Waals surface area contributed by atoms with Crippen molar-refractivity contribution >= 4 is 16.7 Å². The number of alkyl halides is 3. The van der Waals surface area contributed by atoms with Crippen molar-refractivity contribution in [3.63, 3.8) is 0 Å². The molecule has 0 aliphatic rings. The molecule has 0 fully saturated rings. The predicted octanol–water partition coefficient (Wildman–Crippen LogP) is 3.25. The zero-order chi connectivity index (χ0) is 12.0. The van der Waals surface area contributed by atoms with E-state index in [1.807, 2.05) is 6.92 Å². The molecule has 3 nitrogen and oxygen atoms in total. The predicted molar refractivity (Wildman–Crippen MR) is 57.7 cm³/mol. The summed E-state index contributed by atoms with van der Waals surface area (Å²) >= 11 is 1.19. The summed E-state index contributed by atoms with van der Waals surface area (Å²) in [4.78, 5) is 4.15. The molecule has 0 unspecified atom stereocenters. The van der Waals surface area contributed by atoms with E-state index in [1.54, 1.807) is 0 Å². The fourth-order valence-electron chi connectivity index (χ4n) is 1.14. The highest BCUT2D eigenvalue weighted by Crippen LogP contribution is 2.21. The topological polar surface area (TPSA) is 37.8 Å². The van der Waals surface area contributed by atoms with E-state index < -0.39 is 12.6 Å². The van der Waals surface area contributed by atoms with Crippen LogP contribution in [0.2, 0.25) is 0 Å². The van der Waals surface area contributed by atoms with Crippen molar-refractivity contribution < 1.29 is 13.2 Å². The van der Waals surface area contributed by atoms with Gasteiger partial charge in [-0.2, -0.15) is 17.5 Å². The Hall–Kier alpha value is -0.850. The Kier molecular flexibility index (Phi) is 4.98. The number of hydrogen-bond acceptors (Lipinski definition) is 4. The molecule has 0 bridgehead atoms. The van der Waals surface area contributed by atoms with Crippen LogP contribution in [0.5, 0.6) is 0 Å². The number of hydrogen-bond donors (Lipinski definition) is 1. The Morgan fingerprint density at radius 2 is 2.12 bits per heavy atom. The maximum absolute atomic E-state index is 11.8. The van der Waals surface area contributed by atoms with E-state index in [0.717, 1.165) is 18.7 Å². The van der Waals surface area contributed by atoms with Gasteiger partial charge in [0.1, 0.15) is 5.82 Å². The first-order valence-corrected chi connectivity index (χ1v) is 5.92. The second-order valence-electron chi connectivity index (χ2n) is 3.41. The largest absolute Gasteiger partial charge is 0.389 e. The van der Waals surface area contributed by atoms with Crippen LogP contribution in [-0.4, -0.2) is 22.1 Å². The van der Waals surface area contributed by atoms with Crippen molar-refractivity contribution in [2.75, 3.05) is 11.9 Å². The maximum atomic E-state index is 11.8. The zero-order valence-electron chi connectivity index (χ0n) is 8.97. The van der Waals surface area contributed by atoms with Crippen molar-refractivity contribution in [2.24, 2.45) is 0 Å². The lowest BCUT2D eigenvalue weighted by atomic mass is 10.3. The van der Waals surface area contributed by atoms with Gasteiger partial charge < -0.3 is 5.32 Å². The molecule has 0 radical (unpaired) electrons. The van der Waals surface area contributed by atoms with E-state index in [-0.39, 0.29) is 13.0 Å². The van der Waals surface area contributed by atoms with Crippen LogP contribution in [0.4, 0.5) is 18.3 Å². The minimum absolute atomic E-state index is 0.0617. The number of anilines is 1. The van der Waals surface area contributed by atoms with Gasteiger partial charge in [-0.25, -0.2) is 4.98 Å². The minimum atomic E-state index is -4.07. The molecule has 0 aromatic carbocycles. The average molecular weight is 253 g/mol. The lowest BCUT2D eigenvalue weighted by Crippen LogP contribution is -2.10. The molecule has 0 atom stereocenters. The van der Waals surface area contributed by atoms with Crippen molar-refractivity contribution in [3.8, 4) is 0 Å². The quantitative estimate of drug-likeness (QED) is 0.791. The third-order valence-corrected chi connectivity index (χ3v) is 2.57. The highest BCUT2D eigenvalue weighted by Gasteiger charge is 2.25. The Labute approximate surface area is 96.3 Å². The van der Waals surface area contributed by atoms with E-state index in [4.69, 9.17) is 0 Å². The van der Waals surface area contributed by atoms with Gasteiger partial charge in [-0.1, -0.05) is 6.92 Å². The van der Waals surface area contributed by atoms with Crippen molar-refractivity contribution in [1.82, 2.24) is 9.36 Å². The van der Waals surface area contributed by atoms with E-state index in [9.17, 15) is 13.2 Å². The number of aromatic nitrogens is 2. The van der Waals surface area contributed by atoms with Gasteiger partial charge in [0.2, 0.25) is 5.13 Å². The van der Waals surface area contributed by atoms with Gasteiger partial charge >= 0.3 is 6.18 Å². The Balaban J connectivity index is 2.21. The van der Waals surface area contributed by atoms with E-state index in [1.165, 1.54) is 11.5 Å². The molecule has 92 valence electrons. The smallest absolute Gasteiger partial charge is 0.360 e. The second-order valence-corrected chi connectivity index (χ2v) is 4.16. The van der Waals surface area contributed by atoms with Crippen LogP contribution in [0.1, 0.15) is 32.0 Å². The van der Waals surface area contributed by atoms with Gasteiger partial charge in [-0.05, 0) is 12.8 Å². The third kappa shape index (κ3) is 5.29. The second kappa shape index (κ2) is 6.03. The summed E-state index contributed by atoms with van der Waals surface area (Å²) in [6.45, 7) is 2.30. The van der Waals surface area contributed by atoms with Crippen LogP contribution >= 0.6 is 11.5 Å². The molecule has 0 aliphatic carbocycles. The summed E-state index contributed by atoms with van der Waals surface area (Å²) in [5.74, 6) is 0.755. The van der Waals surface area contributed by atoms with Gasteiger partial charge in [0.05, 0.1) is 0 Å². The molecule has 0 saturated heterocycles. The fraction of sp³-hybridized carbons (Fsp3) is 0.778. The number of rotatable bonds is 6. The van der Waals surface area contributed by atoms with Crippen LogP contribution < -0.4 is 5.32 Å². The summed E-state index contributed by atoms with van der Waals surface area (Å²) in [5.41, 5.74) is 0. The monoisotopic (exact) mass is 253 g/mol. The van der Waals surface area contributed by atoms with Crippen LogP contribution in [0, 0.1) is 0 Å². The molecular formula is C9H14F3N3S. The van der Waals surface area contributed by atoms with Gasteiger partial charge in [-0.3, -0.25) is 0 Å². The number of halogens is 3. The fourth-order valence-corrected chi connectivity index (χ4v) is 1.77. The van der Waals surface area contributed by atoms with Crippen molar-refractivity contribution in [1.29, 1.82) is 0 Å². The third-order valence-electron chi connectivity index (χ3n) is 1.85. The average Bonchev–Trinajstić information content (AvgIpc) is 2.60. The van der Waals surface area contributed by atoms with Crippen LogP contribution in [0.3, 0.4) is 0 Å². The summed E-state index contributed by atoms with van der Waals surface area (Å²) in [7, 11) is 0. The Bertz CT molecular complexity index is 311. The Morgan fingerprint density at radius 1 is 1.38 bits per heavy atom. The summed E-state index contributed by atoms with van der Waals surface area (Å²) in [5, 5.41) is 3.44. The Morgan fingerprint density at radius 3 is 2.75 bits per heavy atom. The first-order valence-electron chi connectivity index (χ1n) is 5.14. The molecule has 1 N–H and O–H groups in total. The molecule has 0 amide bonds. The highest BCUT2D eigenvalue weighted by molar-refractivity contribution is 7.09. The molecule has 1 aromatic rings. The standard InChI is InChI=1S/C9H14F3N3S/c1-2-4-7-14-8(16-15-7)13-6-3-5-9(10,11)12/h2-6H2,1H3,(H,13,14,15).